The van der Waals surface area contributed by atoms with Gasteiger partial charge in [0.2, 0.25) is 5.95 Å². The first-order chi connectivity index (χ1) is 15.7. The monoisotopic (exact) mass is 426 g/mol. The van der Waals surface area contributed by atoms with Crippen LogP contribution in [0.2, 0.25) is 0 Å². The van der Waals surface area contributed by atoms with Crippen LogP contribution in [0.25, 0.3) is 16.9 Å². The van der Waals surface area contributed by atoms with Gasteiger partial charge >= 0.3 is 0 Å². The predicted molar refractivity (Wildman–Crippen MR) is 123 cm³/mol. The van der Waals surface area contributed by atoms with Crippen LogP contribution in [0.5, 0.6) is 11.5 Å². The summed E-state index contributed by atoms with van der Waals surface area (Å²) in [5, 5.41) is 9.19. The second-order valence-electron chi connectivity index (χ2n) is 7.42. The lowest BCUT2D eigenvalue weighted by atomic mass is 10.1. The SMILES string of the molecule is Cc1cc(C)nc(N/N=C/c2cn(-c3ccccc3)nc2-c2ccc3c(c2)OCCO3)n1. The van der Waals surface area contributed by atoms with Crippen LogP contribution in [0.4, 0.5) is 5.95 Å². The van der Waals surface area contributed by atoms with Crippen LogP contribution in [0.1, 0.15) is 17.0 Å². The van der Waals surface area contributed by atoms with Crippen molar-refractivity contribution in [3.05, 3.63) is 77.7 Å². The Bertz CT molecular complexity index is 1260. The highest BCUT2D eigenvalue weighted by atomic mass is 16.6. The van der Waals surface area contributed by atoms with Crippen LogP contribution in [-0.4, -0.2) is 39.2 Å². The summed E-state index contributed by atoms with van der Waals surface area (Å²) >= 11 is 0. The maximum Gasteiger partial charge on any atom is 0.243 e. The van der Waals surface area contributed by atoms with Crippen molar-refractivity contribution in [3.8, 4) is 28.4 Å². The minimum atomic E-state index is 0.454. The van der Waals surface area contributed by atoms with E-state index in [0.29, 0.717) is 24.9 Å². The molecule has 0 atom stereocenters. The molecule has 0 saturated heterocycles. The molecule has 0 radical (unpaired) electrons. The molecule has 2 aromatic carbocycles. The number of nitrogens with one attached hydrogen (secondary N) is 1. The van der Waals surface area contributed by atoms with Crippen molar-refractivity contribution >= 4 is 12.2 Å². The number of nitrogens with zero attached hydrogens (tertiary/aromatic N) is 5. The van der Waals surface area contributed by atoms with Crippen LogP contribution in [0, 0.1) is 13.8 Å². The zero-order valence-corrected chi connectivity index (χ0v) is 17.8. The van der Waals surface area contributed by atoms with Gasteiger partial charge in [0.1, 0.15) is 18.9 Å². The maximum atomic E-state index is 5.76. The third-order valence-corrected chi connectivity index (χ3v) is 4.93. The van der Waals surface area contributed by atoms with Gasteiger partial charge in [-0.2, -0.15) is 10.2 Å². The molecule has 160 valence electrons. The van der Waals surface area contributed by atoms with E-state index in [-0.39, 0.29) is 0 Å². The molecule has 1 aliphatic rings. The minimum absolute atomic E-state index is 0.454. The Labute approximate surface area is 185 Å². The second kappa shape index (κ2) is 8.50. The summed E-state index contributed by atoms with van der Waals surface area (Å²) in [5.41, 5.74) is 8.15. The predicted octanol–water partition coefficient (Wildman–Crippen LogP) is 4.16. The third-order valence-electron chi connectivity index (χ3n) is 4.93. The van der Waals surface area contributed by atoms with E-state index < -0.39 is 0 Å². The van der Waals surface area contributed by atoms with Crippen LogP contribution in [0.3, 0.4) is 0 Å². The molecule has 0 fully saturated rings. The van der Waals surface area contributed by atoms with Gasteiger partial charge in [-0.25, -0.2) is 20.1 Å². The first-order valence-corrected chi connectivity index (χ1v) is 10.3. The topological polar surface area (TPSA) is 86.5 Å². The van der Waals surface area contributed by atoms with E-state index in [1.54, 1.807) is 6.21 Å². The molecule has 8 heteroatoms. The zero-order valence-electron chi connectivity index (χ0n) is 17.8. The smallest absolute Gasteiger partial charge is 0.243 e. The van der Waals surface area contributed by atoms with Crippen molar-refractivity contribution in [2.24, 2.45) is 5.10 Å². The molecule has 0 bridgehead atoms. The molecule has 1 aliphatic heterocycles. The number of para-hydroxylation sites is 1. The van der Waals surface area contributed by atoms with E-state index in [4.69, 9.17) is 14.6 Å². The number of rotatable bonds is 5. The lowest BCUT2D eigenvalue weighted by Crippen LogP contribution is -2.15. The summed E-state index contributed by atoms with van der Waals surface area (Å²) < 4.78 is 13.2. The van der Waals surface area contributed by atoms with Gasteiger partial charge in [-0.3, -0.25) is 0 Å². The quantitative estimate of drug-likeness (QED) is 0.381. The Morgan fingerprint density at radius 2 is 1.69 bits per heavy atom. The standard InChI is InChI=1S/C24H22N6O2/c1-16-12-17(2)27-24(26-16)28-25-14-19-15-30(20-6-4-3-5-7-20)29-23(19)18-8-9-21-22(13-18)32-11-10-31-21/h3-9,12-15H,10-11H2,1-2H3,(H,26,27,28)/b25-14+. The van der Waals surface area contributed by atoms with Crippen LogP contribution in [-0.2, 0) is 0 Å². The van der Waals surface area contributed by atoms with Gasteiger partial charge < -0.3 is 9.47 Å². The van der Waals surface area contributed by atoms with Gasteiger partial charge in [0.05, 0.1) is 11.9 Å². The molecule has 1 N–H and O–H groups in total. The van der Waals surface area contributed by atoms with Crippen molar-refractivity contribution in [2.45, 2.75) is 13.8 Å². The molecule has 4 aromatic rings. The Morgan fingerprint density at radius 1 is 0.938 bits per heavy atom. The highest BCUT2D eigenvalue weighted by molar-refractivity contribution is 5.89. The van der Waals surface area contributed by atoms with Gasteiger partial charge in [-0.15, -0.1) is 0 Å². The zero-order chi connectivity index (χ0) is 21.9. The van der Waals surface area contributed by atoms with E-state index in [2.05, 4.69) is 20.5 Å². The first kappa shape index (κ1) is 19.7. The summed E-state index contributed by atoms with van der Waals surface area (Å²) in [4.78, 5) is 8.72. The first-order valence-electron chi connectivity index (χ1n) is 10.3. The molecular weight excluding hydrogens is 404 g/mol. The van der Waals surface area contributed by atoms with Gasteiger partial charge in [0.25, 0.3) is 0 Å². The number of anilines is 1. The summed E-state index contributed by atoms with van der Waals surface area (Å²) in [6, 6.07) is 17.7. The molecule has 0 amide bonds. The third kappa shape index (κ3) is 4.15. The van der Waals surface area contributed by atoms with E-state index in [0.717, 1.165) is 39.6 Å². The van der Waals surface area contributed by atoms with E-state index in [1.807, 2.05) is 79.3 Å². The van der Waals surface area contributed by atoms with Gasteiger partial charge in [0, 0.05) is 28.7 Å². The number of hydrogen-bond acceptors (Lipinski definition) is 7. The molecule has 0 unspecified atom stereocenters. The number of benzene rings is 2. The van der Waals surface area contributed by atoms with Gasteiger partial charge in [-0.05, 0) is 50.2 Å². The highest BCUT2D eigenvalue weighted by Gasteiger charge is 2.16. The fraction of sp³-hybridized carbons (Fsp3) is 0.167. The molecular formula is C24H22N6O2. The molecule has 8 nitrogen and oxygen atoms in total. The highest BCUT2D eigenvalue weighted by Crippen LogP contribution is 2.35. The van der Waals surface area contributed by atoms with Gasteiger partial charge in [0.15, 0.2) is 11.5 Å². The van der Waals surface area contributed by atoms with Crippen LogP contribution in [0.15, 0.2) is 65.9 Å². The second-order valence-corrected chi connectivity index (χ2v) is 7.42. The number of fused-ring (bicyclic) bond motifs is 1. The van der Waals surface area contributed by atoms with Gasteiger partial charge in [-0.1, -0.05) is 18.2 Å². The minimum Gasteiger partial charge on any atom is -0.486 e. The normalized spacial score (nSPS) is 12.8. The van der Waals surface area contributed by atoms with Crippen molar-refractivity contribution in [3.63, 3.8) is 0 Å². The summed E-state index contributed by atoms with van der Waals surface area (Å²) in [6.07, 6.45) is 3.66. The molecule has 0 saturated carbocycles. The maximum absolute atomic E-state index is 5.76. The Kier molecular flexibility index (Phi) is 5.25. The van der Waals surface area contributed by atoms with Crippen molar-refractivity contribution in [2.75, 3.05) is 18.6 Å². The lowest BCUT2D eigenvalue weighted by molar-refractivity contribution is 0.171. The Hall–Kier alpha value is -4.20. The van der Waals surface area contributed by atoms with Crippen molar-refractivity contribution in [1.82, 2.24) is 19.7 Å². The number of hydrogen-bond donors (Lipinski definition) is 1. The van der Waals surface area contributed by atoms with E-state index >= 15 is 0 Å². The fourth-order valence-corrected chi connectivity index (χ4v) is 3.55. The Balaban J connectivity index is 1.51. The van der Waals surface area contributed by atoms with E-state index in [1.165, 1.54) is 0 Å². The average molecular weight is 426 g/mol. The molecule has 32 heavy (non-hydrogen) atoms. The molecule has 0 aliphatic carbocycles. The molecule has 0 spiro atoms. The van der Waals surface area contributed by atoms with Crippen LogP contribution < -0.4 is 14.9 Å². The van der Waals surface area contributed by atoms with Crippen molar-refractivity contribution < 1.29 is 9.47 Å². The summed E-state index contributed by atoms with van der Waals surface area (Å²) in [5.74, 6) is 1.91. The van der Waals surface area contributed by atoms with E-state index in [9.17, 15) is 0 Å². The van der Waals surface area contributed by atoms with Crippen molar-refractivity contribution in [1.29, 1.82) is 0 Å². The average Bonchev–Trinajstić information content (AvgIpc) is 3.23. The number of aryl methyl sites for hydroxylation is 2. The number of aromatic nitrogens is 4. The largest absolute Gasteiger partial charge is 0.486 e. The Morgan fingerprint density at radius 3 is 2.47 bits per heavy atom. The summed E-state index contributed by atoms with van der Waals surface area (Å²) in [7, 11) is 0. The molecule has 3 heterocycles. The lowest BCUT2D eigenvalue weighted by Gasteiger charge is -2.18. The fourth-order valence-electron chi connectivity index (χ4n) is 3.55. The number of hydrazone groups is 1. The number of ether oxygens (including phenoxy) is 2. The molecule has 2 aromatic heterocycles. The van der Waals surface area contributed by atoms with Crippen LogP contribution >= 0.6 is 0 Å². The summed E-state index contributed by atoms with van der Waals surface area (Å²) in [6.45, 7) is 4.93. The molecule has 5 rings (SSSR count).